The van der Waals surface area contributed by atoms with Crippen LogP contribution in [0, 0.1) is 0 Å². The lowest BCUT2D eigenvalue weighted by Gasteiger charge is -2.10. The van der Waals surface area contributed by atoms with Crippen LogP contribution in [0.1, 0.15) is 10.9 Å². The molecule has 0 saturated heterocycles. The first kappa shape index (κ1) is 13.8. The summed E-state index contributed by atoms with van der Waals surface area (Å²) in [4.78, 5) is 9.65. The van der Waals surface area contributed by atoms with Gasteiger partial charge in [-0.1, -0.05) is 60.3 Å². The summed E-state index contributed by atoms with van der Waals surface area (Å²) in [6, 6.07) is 25.0. The topological polar surface area (TPSA) is 30.7 Å². The van der Waals surface area contributed by atoms with Gasteiger partial charge < -0.3 is 4.57 Å². The zero-order chi connectivity index (χ0) is 15.9. The average Bonchev–Trinajstić information content (AvgIpc) is 3.21. The van der Waals surface area contributed by atoms with Crippen molar-refractivity contribution in [3.63, 3.8) is 0 Å². The Hall–Kier alpha value is -2.59. The minimum Gasteiger partial charge on any atom is -0.317 e. The Morgan fingerprint density at radius 1 is 0.833 bits per heavy atom. The number of para-hydroxylation sites is 2. The van der Waals surface area contributed by atoms with Gasteiger partial charge in [0.2, 0.25) is 0 Å². The third kappa shape index (κ3) is 2.22. The van der Waals surface area contributed by atoms with Crippen LogP contribution in [0.2, 0.25) is 0 Å². The number of fused-ring (bicyclic) bond motifs is 3. The first-order valence-corrected chi connectivity index (χ1v) is 8.91. The van der Waals surface area contributed by atoms with E-state index in [1.807, 2.05) is 23.9 Å². The summed E-state index contributed by atoms with van der Waals surface area (Å²) in [5.74, 6) is 0. The van der Waals surface area contributed by atoms with Crippen molar-refractivity contribution in [2.45, 2.75) is 17.0 Å². The Balaban J connectivity index is 1.50. The van der Waals surface area contributed by atoms with Crippen LogP contribution in [0.5, 0.6) is 0 Å². The molecule has 1 aliphatic heterocycles. The largest absolute Gasteiger partial charge is 0.317 e. The van der Waals surface area contributed by atoms with E-state index >= 15 is 0 Å². The fraction of sp³-hybridized carbons (Fsp3) is 0.100. The summed E-state index contributed by atoms with van der Waals surface area (Å²) < 4.78 is 2.31. The van der Waals surface area contributed by atoms with E-state index in [-0.39, 0.29) is 0 Å². The van der Waals surface area contributed by atoms with E-state index in [1.165, 1.54) is 5.52 Å². The van der Waals surface area contributed by atoms with Gasteiger partial charge in [-0.25, -0.2) is 4.98 Å². The van der Waals surface area contributed by atoms with Crippen molar-refractivity contribution in [3.8, 4) is 11.3 Å². The molecule has 0 fully saturated rings. The van der Waals surface area contributed by atoms with E-state index in [1.54, 1.807) is 0 Å². The van der Waals surface area contributed by atoms with Gasteiger partial charge in [0.05, 0.1) is 27.7 Å². The molecule has 1 aliphatic rings. The highest BCUT2D eigenvalue weighted by atomic mass is 32.2. The minimum absolute atomic E-state index is 0.320. The molecule has 0 amide bonds. The van der Waals surface area contributed by atoms with Crippen LogP contribution < -0.4 is 0 Å². The number of hydrogen-bond acceptors (Lipinski definition) is 3. The molecule has 3 nitrogen and oxygen atoms in total. The molecule has 0 spiro atoms. The van der Waals surface area contributed by atoms with Crippen LogP contribution >= 0.6 is 11.8 Å². The fourth-order valence-electron chi connectivity index (χ4n) is 3.20. The van der Waals surface area contributed by atoms with Gasteiger partial charge in [-0.15, -0.1) is 0 Å². The predicted octanol–water partition coefficient (Wildman–Crippen LogP) is 4.95. The Morgan fingerprint density at radius 3 is 2.58 bits per heavy atom. The highest BCUT2D eigenvalue weighted by Gasteiger charge is 2.28. The van der Waals surface area contributed by atoms with Gasteiger partial charge in [-0.3, -0.25) is 4.98 Å². The van der Waals surface area contributed by atoms with Gasteiger partial charge >= 0.3 is 0 Å². The van der Waals surface area contributed by atoms with Crippen molar-refractivity contribution in [1.82, 2.24) is 14.5 Å². The smallest absolute Gasteiger partial charge is 0.169 e. The zero-order valence-corrected chi connectivity index (χ0v) is 13.8. The Labute approximate surface area is 144 Å². The van der Waals surface area contributed by atoms with Crippen LogP contribution in [-0.4, -0.2) is 14.5 Å². The van der Waals surface area contributed by atoms with E-state index in [2.05, 4.69) is 65.2 Å². The maximum absolute atomic E-state index is 4.91. The molecular weight excluding hydrogens is 314 g/mol. The van der Waals surface area contributed by atoms with Gasteiger partial charge in [0, 0.05) is 12.1 Å². The summed E-state index contributed by atoms with van der Waals surface area (Å²) in [7, 11) is 0. The van der Waals surface area contributed by atoms with Crippen molar-refractivity contribution in [3.05, 3.63) is 78.5 Å². The second-order valence-electron chi connectivity index (χ2n) is 5.91. The number of nitrogens with zero attached hydrogens (tertiary/aromatic N) is 3. The molecule has 0 radical (unpaired) electrons. The summed E-state index contributed by atoms with van der Waals surface area (Å²) in [5.41, 5.74) is 5.59. The number of benzene rings is 2. The summed E-state index contributed by atoms with van der Waals surface area (Å²) >= 11 is 1.81. The van der Waals surface area contributed by atoms with Crippen molar-refractivity contribution in [1.29, 1.82) is 0 Å². The molecule has 24 heavy (non-hydrogen) atoms. The van der Waals surface area contributed by atoms with Gasteiger partial charge in [0.1, 0.15) is 0 Å². The van der Waals surface area contributed by atoms with Gasteiger partial charge in [0.25, 0.3) is 0 Å². The molecule has 0 N–H and O–H groups in total. The van der Waals surface area contributed by atoms with Crippen LogP contribution in [0.4, 0.5) is 0 Å². The molecule has 3 heterocycles. The van der Waals surface area contributed by atoms with E-state index in [0.29, 0.717) is 5.25 Å². The van der Waals surface area contributed by atoms with Crippen molar-refractivity contribution in [2.75, 3.05) is 0 Å². The summed E-state index contributed by atoms with van der Waals surface area (Å²) in [6.45, 7) is 0.922. The highest BCUT2D eigenvalue weighted by Crippen LogP contribution is 2.43. The molecule has 116 valence electrons. The molecule has 0 aliphatic carbocycles. The number of imidazole rings is 1. The molecule has 4 heteroatoms. The third-order valence-corrected chi connectivity index (χ3v) is 5.58. The number of hydrogen-bond donors (Lipinski definition) is 0. The molecule has 2 aromatic carbocycles. The third-order valence-electron chi connectivity index (χ3n) is 4.39. The lowest BCUT2D eigenvalue weighted by atomic mass is 10.1. The normalized spacial score (nSPS) is 16.4. The molecule has 1 atom stereocenters. The van der Waals surface area contributed by atoms with Crippen molar-refractivity contribution in [2.24, 2.45) is 0 Å². The van der Waals surface area contributed by atoms with E-state index in [4.69, 9.17) is 9.97 Å². The molecule has 2 aromatic heterocycles. The second-order valence-corrected chi connectivity index (χ2v) is 7.08. The molecule has 4 aromatic rings. The van der Waals surface area contributed by atoms with Crippen LogP contribution in [-0.2, 0) is 6.54 Å². The number of aromatic nitrogens is 3. The van der Waals surface area contributed by atoms with E-state index in [9.17, 15) is 0 Å². The maximum Gasteiger partial charge on any atom is 0.169 e. The quantitative estimate of drug-likeness (QED) is 0.521. The first-order valence-electron chi connectivity index (χ1n) is 8.03. The van der Waals surface area contributed by atoms with Crippen LogP contribution in [0.15, 0.2) is 78.0 Å². The van der Waals surface area contributed by atoms with Gasteiger partial charge in [-0.05, 0) is 24.3 Å². The Kier molecular flexibility index (Phi) is 3.16. The van der Waals surface area contributed by atoms with Crippen molar-refractivity contribution < 1.29 is 0 Å². The SMILES string of the molecule is c1ccc(-c2cccc(C3Cn4c(nc5ccccc54)S3)n2)cc1. The number of pyridine rings is 1. The predicted molar refractivity (Wildman–Crippen MR) is 98.0 cm³/mol. The molecule has 5 rings (SSSR count). The standard InChI is InChI=1S/C20H15N3S/c1-2-7-14(8-3-1)15-10-6-11-17(21-15)19-13-23-18-12-5-4-9-16(18)22-20(23)24-19/h1-12,19H,13H2. The second kappa shape index (κ2) is 5.49. The lowest BCUT2D eigenvalue weighted by Crippen LogP contribution is -2.01. The fourth-order valence-corrected chi connectivity index (χ4v) is 4.39. The summed E-state index contributed by atoms with van der Waals surface area (Å²) in [5, 5.41) is 1.41. The summed E-state index contributed by atoms with van der Waals surface area (Å²) in [6.07, 6.45) is 0. The molecule has 0 saturated carbocycles. The maximum atomic E-state index is 4.91. The highest BCUT2D eigenvalue weighted by molar-refractivity contribution is 7.99. The molecule has 1 unspecified atom stereocenters. The Bertz CT molecular complexity index is 1020. The van der Waals surface area contributed by atoms with Gasteiger partial charge in [0.15, 0.2) is 5.16 Å². The molecular formula is C20H15N3S. The molecule has 0 bridgehead atoms. The van der Waals surface area contributed by atoms with Gasteiger partial charge in [-0.2, -0.15) is 0 Å². The van der Waals surface area contributed by atoms with Crippen LogP contribution in [0.25, 0.3) is 22.3 Å². The average molecular weight is 329 g/mol. The van der Waals surface area contributed by atoms with Crippen molar-refractivity contribution >= 4 is 22.8 Å². The number of rotatable bonds is 2. The number of thioether (sulfide) groups is 1. The monoisotopic (exact) mass is 329 g/mol. The lowest BCUT2D eigenvalue weighted by molar-refractivity contribution is 0.674. The first-order chi connectivity index (χ1) is 11.9. The zero-order valence-electron chi connectivity index (χ0n) is 13.0. The minimum atomic E-state index is 0.320. The van der Waals surface area contributed by atoms with E-state index in [0.717, 1.165) is 34.2 Å². The Morgan fingerprint density at radius 2 is 1.67 bits per heavy atom. The van der Waals surface area contributed by atoms with Crippen LogP contribution in [0.3, 0.4) is 0 Å². The van der Waals surface area contributed by atoms with E-state index < -0.39 is 0 Å².